The van der Waals surface area contributed by atoms with Crippen LogP contribution >= 0.6 is 0 Å². The van der Waals surface area contributed by atoms with Gasteiger partial charge in [-0.25, -0.2) is 0 Å². The molecular formula is CrMoNbNi. The molecule has 0 aliphatic heterocycles. The smallest absolute Gasteiger partial charge is 0 e. The number of rotatable bonds is 0. The summed E-state index contributed by atoms with van der Waals surface area (Å²) in [7, 11) is 0. The van der Waals surface area contributed by atoms with Gasteiger partial charge in [0.2, 0.25) is 0 Å². The first-order valence-electron chi connectivity index (χ1n) is 0.183. The molecule has 0 saturated heterocycles. The van der Waals surface area contributed by atoms with Crippen molar-refractivity contribution in [1.29, 1.82) is 0 Å². The van der Waals surface area contributed by atoms with Gasteiger partial charge in [-0.2, -0.15) is 0 Å². The minimum atomic E-state index is 0. The number of hydrogen-bond acceptors (Lipinski definition) is 0. The zero-order valence-corrected chi connectivity index (χ0v) is 8.05. The van der Waals surface area contributed by atoms with Gasteiger partial charge in [-0.15, -0.1) is 0 Å². The van der Waals surface area contributed by atoms with Crippen LogP contribution in [-0.4, -0.2) is 0 Å². The molecule has 0 amide bonds. The van der Waals surface area contributed by atoms with Crippen LogP contribution in [0.5, 0.6) is 0 Å². The largest absolute Gasteiger partial charge is 0 e. The Morgan fingerprint density at radius 3 is 1.25 bits per heavy atom. The Bertz CT molecular complexity index is 8.00. The van der Waals surface area contributed by atoms with Crippen LogP contribution in [0.2, 0.25) is 0 Å². The maximum Gasteiger partial charge on any atom is 0 e. The van der Waals surface area contributed by atoms with E-state index in [9.17, 15) is 0 Å². The second-order valence-corrected chi connectivity index (χ2v) is 0. The first kappa shape index (κ1) is 16.1. The molecule has 0 rings (SSSR count). The summed E-state index contributed by atoms with van der Waals surface area (Å²) in [6.45, 7) is 0. The van der Waals surface area contributed by atoms with Crippen LogP contribution in [-0.2, 0) is 68.3 Å². The maximum atomic E-state index is 2.00. The van der Waals surface area contributed by atoms with Crippen molar-refractivity contribution in [3.63, 3.8) is 0 Å². The molecule has 0 fully saturated rings. The summed E-state index contributed by atoms with van der Waals surface area (Å²) in [5, 5.41) is 0. The third kappa shape index (κ3) is 8.82. The van der Waals surface area contributed by atoms with Crippen molar-refractivity contribution < 1.29 is 68.3 Å². The molecule has 0 unspecified atom stereocenters. The summed E-state index contributed by atoms with van der Waals surface area (Å²) in [4.78, 5) is 0. The van der Waals surface area contributed by atoms with Crippen LogP contribution in [0, 0.1) is 0 Å². The van der Waals surface area contributed by atoms with Crippen LogP contribution in [0.15, 0.2) is 0 Å². The van der Waals surface area contributed by atoms with Gasteiger partial charge in [-0.3, -0.25) is 0 Å². The molecule has 0 atom stereocenters. The summed E-state index contributed by atoms with van der Waals surface area (Å²) in [6.07, 6.45) is 0. The molecule has 0 aliphatic rings. The van der Waals surface area contributed by atoms with Crippen molar-refractivity contribution in [2.75, 3.05) is 0 Å². The molecule has 4 heavy (non-hydrogen) atoms. The van der Waals surface area contributed by atoms with E-state index in [2.05, 4.69) is 0 Å². The molecule has 0 heterocycles. The van der Waals surface area contributed by atoms with E-state index in [1.54, 1.807) is 18.0 Å². The van der Waals surface area contributed by atoms with Gasteiger partial charge in [0.1, 0.15) is 0 Å². The summed E-state index contributed by atoms with van der Waals surface area (Å²) < 4.78 is 0. The van der Waals surface area contributed by atoms with Gasteiger partial charge in [0.25, 0.3) is 0 Å². The summed E-state index contributed by atoms with van der Waals surface area (Å²) in [5.41, 5.74) is 0. The Hall–Kier alpha value is 2.45. The van der Waals surface area contributed by atoms with Gasteiger partial charge in [0.15, 0.2) is 0 Å². The van der Waals surface area contributed by atoms with Gasteiger partial charge in [0.05, 0.1) is 0 Å². The molecular weight excluding hydrogens is 300 g/mol. The number of hydrogen-bond donors (Lipinski definition) is 0. The van der Waals surface area contributed by atoms with Crippen molar-refractivity contribution in [3.8, 4) is 0 Å². The molecule has 4 heteroatoms. The van der Waals surface area contributed by atoms with Crippen LogP contribution in [0.25, 0.3) is 0 Å². The fourth-order valence-electron chi connectivity index (χ4n) is 0. The van der Waals surface area contributed by atoms with Crippen molar-refractivity contribution >= 4 is 0 Å². The molecule has 0 aromatic carbocycles. The average molecular weight is 300 g/mol. The Kier molecular flexibility index (Phi) is 72.3. The Morgan fingerprint density at radius 1 is 1.25 bits per heavy atom. The Morgan fingerprint density at radius 2 is 1.25 bits per heavy atom. The minimum absolute atomic E-state index is 0. The minimum Gasteiger partial charge on any atom is 0 e. The van der Waals surface area contributed by atoms with Crippen LogP contribution in [0.4, 0.5) is 0 Å². The van der Waals surface area contributed by atoms with E-state index in [0.29, 0.717) is 0 Å². The van der Waals surface area contributed by atoms with Gasteiger partial charge >= 0.3 is 34.5 Å². The molecule has 0 N–H and O–H groups in total. The van der Waals surface area contributed by atoms with Crippen molar-refractivity contribution in [2.45, 2.75) is 0 Å². The summed E-state index contributed by atoms with van der Waals surface area (Å²) in [5.74, 6) is 0. The quantitative estimate of drug-likeness (QED) is 0.552. The van der Waals surface area contributed by atoms with E-state index >= 15 is 0 Å². The molecule has 27 valence electrons. The van der Waals surface area contributed by atoms with Gasteiger partial charge in [-0.05, 0) is 0 Å². The molecule has 0 radical (unpaired) electrons. The van der Waals surface area contributed by atoms with E-state index in [1.165, 1.54) is 0 Å². The first-order valence-corrected chi connectivity index (χ1v) is 6.39. The average Bonchev–Trinajstić information content (AvgIpc) is 1.00. The van der Waals surface area contributed by atoms with Gasteiger partial charge in [0, 0.05) is 33.9 Å². The van der Waals surface area contributed by atoms with E-state index in [4.69, 9.17) is 0 Å². The van der Waals surface area contributed by atoms with Gasteiger partial charge < -0.3 is 0 Å². The van der Waals surface area contributed by atoms with Crippen molar-refractivity contribution in [2.24, 2.45) is 0 Å². The fourth-order valence-corrected chi connectivity index (χ4v) is 0. The van der Waals surface area contributed by atoms with Crippen LogP contribution in [0.3, 0.4) is 0 Å². The van der Waals surface area contributed by atoms with Crippen molar-refractivity contribution in [1.82, 2.24) is 0 Å². The third-order valence-electron chi connectivity index (χ3n) is 0. The molecule has 0 aromatic rings. The maximum absolute atomic E-state index is 2.00. The summed E-state index contributed by atoms with van der Waals surface area (Å²) in [6, 6.07) is 0. The Balaban J connectivity index is -0.00000000500. The predicted octanol–water partition coefficient (Wildman–Crippen LogP) is -0.0100. The van der Waals surface area contributed by atoms with E-state index < -0.39 is 0 Å². The monoisotopic (exact) mass is 301 g/mol. The molecule has 0 nitrogen and oxygen atoms in total. The zero-order valence-electron chi connectivity index (χ0n) is 1.58. The van der Waals surface area contributed by atoms with Gasteiger partial charge in [-0.1, -0.05) is 0 Å². The Labute approximate surface area is 67.3 Å². The molecule has 0 aliphatic carbocycles. The fraction of sp³-hybridized carbons (Fsp3) is 0. The summed E-state index contributed by atoms with van der Waals surface area (Å²) >= 11 is 3.76. The van der Waals surface area contributed by atoms with E-state index in [0.717, 1.165) is 0 Å². The standard InChI is InChI=1S/Cr.Mo.Nb.Ni. The molecule has 0 bridgehead atoms. The van der Waals surface area contributed by atoms with Crippen molar-refractivity contribution in [3.05, 3.63) is 0 Å². The molecule has 0 saturated carbocycles. The first-order chi connectivity index (χ1) is 1.00. The SMILES string of the molecule is [Cr].[Nb][Mo].[Ni]. The zero-order chi connectivity index (χ0) is 2.00. The van der Waals surface area contributed by atoms with E-state index in [-0.39, 0.29) is 33.9 Å². The second kappa shape index (κ2) is 18.0. The molecule has 0 aromatic heterocycles. The normalized spacial score (nSPS) is 1.00. The van der Waals surface area contributed by atoms with E-state index in [1.807, 2.05) is 16.5 Å². The topological polar surface area (TPSA) is 0 Å². The third-order valence-corrected chi connectivity index (χ3v) is 0. The second-order valence-electron chi connectivity index (χ2n) is 0. The predicted molar refractivity (Wildman–Crippen MR) is 0 cm³/mol. The molecule has 0 spiro atoms. The van der Waals surface area contributed by atoms with Crippen LogP contribution in [0.1, 0.15) is 0 Å². The van der Waals surface area contributed by atoms with Crippen LogP contribution < -0.4 is 0 Å².